The number of methoxy groups -OCH3 is 1. The van der Waals surface area contributed by atoms with Crippen molar-refractivity contribution in [1.82, 2.24) is 14.9 Å². The Morgan fingerprint density at radius 2 is 1.92 bits per heavy atom. The molecule has 0 aliphatic rings. The standard InChI is InChI=1S/C17H17N3O4S/c1-12-10-14(8-9-15(12)23-2)25(21,22)18-11-16-19-17(20-24-16)13-6-4-3-5-7-13/h3-10,18H,11H2,1-2H3. The van der Waals surface area contributed by atoms with E-state index in [2.05, 4.69) is 14.9 Å². The SMILES string of the molecule is COc1ccc(S(=O)(=O)NCc2nc(-c3ccccc3)no2)cc1C. The van der Waals surface area contributed by atoms with Crippen molar-refractivity contribution in [2.24, 2.45) is 0 Å². The molecule has 0 saturated carbocycles. The van der Waals surface area contributed by atoms with Crippen molar-refractivity contribution in [1.29, 1.82) is 0 Å². The second-order valence-corrected chi connectivity index (χ2v) is 7.10. The van der Waals surface area contributed by atoms with Gasteiger partial charge in [0.1, 0.15) is 5.75 Å². The summed E-state index contributed by atoms with van der Waals surface area (Å²) in [5.74, 6) is 1.23. The van der Waals surface area contributed by atoms with E-state index in [9.17, 15) is 8.42 Å². The molecule has 2 aromatic carbocycles. The fourth-order valence-corrected chi connectivity index (χ4v) is 3.35. The molecule has 25 heavy (non-hydrogen) atoms. The Labute approximate surface area is 145 Å². The van der Waals surface area contributed by atoms with Crippen LogP contribution in [0.3, 0.4) is 0 Å². The molecule has 0 unspecified atom stereocenters. The van der Waals surface area contributed by atoms with Crippen LogP contribution in [0.1, 0.15) is 11.5 Å². The van der Waals surface area contributed by atoms with Gasteiger partial charge in [-0.25, -0.2) is 13.1 Å². The monoisotopic (exact) mass is 359 g/mol. The summed E-state index contributed by atoms with van der Waals surface area (Å²) in [6.45, 7) is 1.69. The molecule has 3 aromatic rings. The molecule has 130 valence electrons. The van der Waals surface area contributed by atoms with Crippen LogP contribution in [0.2, 0.25) is 0 Å². The molecular weight excluding hydrogens is 342 g/mol. The van der Waals surface area contributed by atoms with Gasteiger partial charge in [0.15, 0.2) is 0 Å². The molecule has 1 aromatic heterocycles. The third-order valence-electron chi connectivity index (χ3n) is 3.59. The van der Waals surface area contributed by atoms with Gasteiger partial charge in [-0.15, -0.1) is 0 Å². The summed E-state index contributed by atoms with van der Waals surface area (Å²) in [5.41, 5.74) is 1.53. The molecule has 3 rings (SSSR count). The van der Waals surface area contributed by atoms with Crippen LogP contribution < -0.4 is 9.46 Å². The van der Waals surface area contributed by atoms with E-state index in [1.807, 2.05) is 30.3 Å². The van der Waals surface area contributed by atoms with Gasteiger partial charge in [0, 0.05) is 5.56 Å². The largest absolute Gasteiger partial charge is 0.496 e. The van der Waals surface area contributed by atoms with Gasteiger partial charge in [-0.05, 0) is 30.7 Å². The molecule has 0 aliphatic heterocycles. The zero-order chi connectivity index (χ0) is 17.9. The van der Waals surface area contributed by atoms with E-state index in [1.165, 1.54) is 13.2 Å². The third-order valence-corrected chi connectivity index (χ3v) is 4.99. The summed E-state index contributed by atoms with van der Waals surface area (Å²) in [6, 6.07) is 13.9. The first-order chi connectivity index (χ1) is 12.0. The van der Waals surface area contributed by atoms with Crippen LogP contribution in [-0.4, -0.2) is 25.7 Å². The van der Waals surface area contributed by atoms with Gasteiger partial charge < -0.3 is 9.26 Å². The number of ether oxygens (including phenoxy) is 1. The number of sulfonamides is 1. The molecule has 1 heterocycles. The first-order valence-electron chi connectivity index (χ1n) is 7.52. The Hall–Kier alpha value is -2.71. The van der Waals surface area contributed by atoms with E-state index in [0.29, 0.717) is 11.6 Å². The van der Waals surface area contributed by atoms with Crippen molar-refractivity contribution >= 4 is 10.0 Å². The molecule has 0 radical (unpaired) electrons. The zero-order valence-corrected chi connectivity index (χ0v) is 14.6. The molecule has 0 bridgehead atoms. The summed E-state index contributed by atoms with van der Waals surface area (Å²) < 4.78 is 37.5. The van der Waals surface area contributed by atoms with Crippen LogP contribution in [0, 0.1) is 6.92 Å². The Morgan fingerprint density at radius 1 is 1.16 bits per heavy atom. The molecule has 1 N–H and O–H groups in total. The van der Waals surface area contributed by atoms with Gasteiger partial charge in [0.05, 0.1) is 18.6 Å². The van der Waals surface area contributed by atoms with Crippen molar-refractivity contribution in [3.05, 3.63) is 60.0 Å². The van der Waals surface area contributed by atoms with E-state index in [4.69, 9.17) is 9.26 Å². The molecular formula is C17H17N3O4S. The second kappa shape index (κ2) is 7.04. The van der Waals surface area contributed by atoms with Gasteiger partial charge in [-0.1, -0.05) is 35.5 Å². The molecule has 0 aliphatic carbocycles. The number of benzene rings is 2. The normalized spacial score (nSPS) is 11.4. The number of hydrogen-bond donors (Lipinski definition) is 1. The smallest absolute Gasteiger partial charge is 0.242 e. The lowest BCUT2D eigenvalue weighted by Gasteiger charge is -2.08. The molecule has 8 heteroatoms. The van der Waals surface area contributed by atoms with Crippen LogP contribution in [0.5, 0.6) is 5.75 Å². The minimum absolute atomic E-state index is 0.0900. The Kier molecular flexibility index (Phi) is 4.82. The van der Waals surface area contributed by atoms with E-state index < -0.39 is 10.0 Å². The van der Waals surface area contributed by atoms with Gasteiger partial charge in [-0.3, -0.25) is 0 Å². The lowest BCUT2D eigenvalue weighted by Crippen LogP contribution is -2.23. The molecule has 0 spiro atoms. The number of aryl methyl sites for hydroxylation is 1. The third kappa shape index (κ3) is 3.86. The van der Waals surface area contributed by atoms with Gasteiger partial charge >= 0.3 is 0 Å². The van der Waals surface area contributed by atoms with Gasteiger partial charge in [-0.2, -0.15) is 4.98 Å². The van der Waals surface area contributed by atoms with Gasteiger partial charge in [0.2, 0.25) is 21.7 Å². The van der Waals surface area contributed by atoms with E-state index in [1.54, 1.807) is 19.1 Å². The second-order valence-electron chi connectivity index (χ2n) is 5.33. The molecule has 7 nitrogen and oxygen atoms in total. The minimum atomic E-state index is -3.69. The predicted molar refractivity (Wildman–Crippen MR) is 91.5 cm³/mol. The molecule has 0 amide bonds. The summed E-state index contributed by atoms with van der Waals surface area (Å²) in [4.78, 5) is 4.34. The quantitative estimate of drug-likeness (QED) is 0.727. The highest BCUT2D eigenvalue weighted by atomic mass is 32.2. The first kappa shape index (κ1) is 17.1. The van der Waals surface area contributed by atoms with Crippen LogP contribution in [-0.2, 0) is 16.6 Å². The fraction of sp³-hybridized carbons (Fsp3) is 0.176. The maximum Gasteiger partial charge on any atom is 0.242 e. The van der Waals surface area contributed by atoms with E-state index in [0.717, 1.165) is 11.1 Å². The lowest BCUT2D eigenvalue weighted by molar-refractivity contribution is 0.376. The minimum Gasteiger partial charge on any atom is -0.496 e. The molecule has 0 saturated heterocycles. The van der Waals surface area contributed by atoms with Crippen LogP contribution >= 0.6 is 0 Å². The Morgan fingerprint density at radius 3 is 2.60 bits per heavy atom. The number of hydrogen-bond acceptors (Lipinski definition) is 6. The molecule has 0 fully saturated rings. The highest BCUT2D eigenvalue weighted by molar-refractivity contribution is 7.89. The van der Waals surface area contributed by atoms with Crippen molar-refractivity contribution in [3.63, 3.8) is 0 Å². The van der Waals surface area contributed by atoms with Crippen LogP contribution in [0.25, 0.3) is 11.4 Å². The summed E-state index contributed by atoms with van der Waals surface area (Å²) in [7, 11) is -2.16. The van der Waals surface area contributed by atoms with Crippen LogP contribution in [0.4, 0.5) is 0 Å². The number of nitrogens with zero attached hydrogens (tertiary/aromatic N) is 2. The van der Waals surface area contributed by atoms with Crippen molar-refractivity contribution in [2.45, 2.75) is 18.4 Å². The van der Waals surface area contributed by atoms with E-state index in [-0.39, 0.29) is 17.3 Å². The summed E-state index contributed by atoms with van der Waals surface area (Å²) >= 11 is 0. The zero-order valence-electron chi connectivity index (χ0n) is 13.8. The predicted octanol–water partition coefficient (Wildman–Crippen LogP) is 2.53. The maximum absolute atomic E-state index is 12.4. The Balaban J connectivity index is 1.72. The van der Waals surface area contributed by atoms with Crippen molar-refractivity contribution in [3.8, 4) is 17.1 Å². The first-order valence-corrected chi connectivity index (χ1v) is 9.00. The van der Waals surface area contributed by atoms with Crippen molar-refractivity contribution in [2.75, 3.05) is 7.11 Å². The maximum atomic E-state index is 12.4. The number of nitrogens with one attached hydrogen (secondary N) is 1. The topological polar surface area (TPSA) is 94.3 Å². The molecule has 0 atom stereocenters. The highest BCUT2D eigenvalue weighted by Crippen LogP contribution is 2.21. The summed E-state index contributed by atoms with van der Waals surface area (Å²) in [6.07, 6.45) is 0. The fourth-order valence-electron chi connectivity index (χ4n) is 2.29. The van der Waals surface area contributed by atoms with Crippen molar-refractivity contribution < 1.29 is 17.7 Å². The van der Waals surface area contributed by atoms with Gasteiger partial charge in [0.25, 0.3) is 0 Å². The highest BCUT2D eigenvalue weighted by Gasteiger charge is 2.17. The van der Waals surface area contributed by atoms with E-state index >= 15 is 0 Å². The lowest BCUT2D eigenvalue weighted by atomic mass is 10.2. The Bertz CT molecular complexity index is 969. The van der Waals surface area contributed by atoms with Crippen LogP contribution in [0.15, 0.2) is 57.9 Å². The number of rotatable bonds is 6. The average Bonchev–Trinajstić information content (AvgIpc) is 3.10. The average molecular weight is 359 g/mol. The summed E-state index contributed by atoms with van der Waals surface area (Å²) in [5, 5.41) is 3.86. The number of aromatic nitrogens is 2.